The Bertz CT molecular complexity index is 2600. The van der Waals surface area contributed by atoms with Gasteiger partial charge >= 0.3 is 0 Å². The van der Waals surface area contributed by atoms with Gasteiger partial charge in [0.1, 0.15) is 6.17 Å². The first-order valence-electron chi connectivity index (χ1n) is 19.2. The Balaban J connectivity index is 1.24. The molecule has 0 saturated heterocycles. The summed E-state index contributed by atoms with van der Waals surface area (Å²) in [5.74, 6) is 0.0442. The maximum Gasteiger partial charge on any atom is 0.130 e. The van der Waals surface area contributed by atoms with Gasteiger partial charge in [0.2, 0.25) is 0 Å². The summed E-state index contributed by atoms with van der Waals surface area (Å²) in [4.78, 5) is 2.42. The predicted octanol–water partition coefficient (Wildman–Crippen LogP) is 14.2. The van der Waals surface area contributed by atoms with Crippen LogP contribution in [0.25, 0.3) is 32.7 Å². The second kappa shape index (κ2) is 14.6. The lowest BCUT2D eigenvalue weighted by Crippen LogP contribution is -2.23. The van der Waals surface area contributed by atoms with Gasteiger partial charge in [0.15, 0.2) is 0 Å². The van der Waals surface area contributed by atoms with Gasteiger partial charge in [0.05, 0.1) is 11.4 Å². The lowest BCUT2D eigenvalue weighted by atomic mass is 9.78. The maximum atomic E-state index is 3.84. The summed E-state index contributed by atoms with van der Waals surface area (Å²) in [5, 5.41) is 8.89. The van der Waals surface area contributed by atoms with Crippen LogP contribution >= 0.6 is 0 Å². The number of hydrogen-bond donors (Lipinski definition) is 1. The van der Waals surface area contributed by atoms with E-state index in [4.69, 9.17) is 0 Å². The number of hydrogen-bond acceptors (Lipinski definition) is 2. The summed E-state index contributed by atoms with van der Waals surface area (Å²) in [6.45, 7) is 4.48. The molecule has 0 bridgehead atoms. The second-order valence-electron chi connectivity index (χ2n) is 14.5. The van der Waals surface area contributed by atoms with Gasteiger partial charge in [-0.1, -0.05) is 163 Å². The average Bonchev–Trinajstić information content (AvgIpc) is 3.64. The van der Waals surface area contributed by atoms with E-state index in [1.165, 1.54) is 77.5 Å². The number of nitrogens with one attached hydrogen (secondary N) is 1. The Morgan fingerprint density at radius 3 is 2.00 bits per heavy atom. The Kier molecular flexibility index (Phi) is 9.02. The summed E-state index contributed by atoms with van der Waals surface area (Å²) in [7, 11) is 0. The van der Waals surface area contributed by atoms with Crippen molar-refractivity contribution >= 4 is 49.8 Å². The molecule has 2 heteroatoms. The Labute approximate surface area is 319 Å². The quantitative estimate of drug-likeness (QED) is 0.174. The van der Waals surface area contributed by atoms with Crippen molar-refractivity contribution in [1.29, 1.82) is 0 Å². The zero-order valence-electron chi connectivity index (χ0n) is 30.9. The van der Waals surface area contributed by atoms with Gasteiger partial charge < -0.3 is 10.2 Å². The predicted molar refractivity (Wildman–Crippen MR) is 231 cm³/mol. The van der Waals surface area contributed by atoms with E-state index in [2.05, 4.69) is 212 Å². The number of rotatable bonds is 6. The SMILES string of the molecule is C\C=C/C1=C(\c2ccc(C3Nc4ccccc4N3c3ccccc3)cc2)C(c2ccc3ccccc3c2)C=CCC\C(C)=C\1c1ccc2ccccc2c1. The number of anilines is 3. The fourth-order valence-electron chi connectivity index (χ4n) is 8.50. The molecule has 262 valence electrons. The zero-order valence-corrected chi connectivity index (χ0v) is 30.9. The molecule has 1 aliphatic carbocycles. The maximum absolute atomic E-state index is 3.84. The van der Waals surface area contributed by atoms with Crippen LogP contribution in [0.2, 0.25) is 0 Å². The molecule has 1 N–H and O–H groups in total. The van der Waals surface area contributed by atoms with E-state index in [1.54, 1.807) is 0 Å². The number of para-hydroxylation sites is 3. The molecule has 0 radical (unpaired) electrons. The van der Waals surface area contributed by atoms with Gasteiger partial charge in [0, 0.05) is 11.6 Å². The van der Waals surface area contributed by atoms with Crippen molar-refractivity contribution in [2.75, 3.05) is 10.2 Å². The largest absolute Gasteiger partial charge is 0.359 e. The van der Waals surface area contributed by atoms with Crippen LogP contribution in [-0.2, 0) is 0 Å². The van der Waals surface area contributed by atoms with Crippen molar-refractivity contribution in [3.8, 4) is 0 Å². The van der Waals surface area contributed by atoms with Crippen molar-refractivity contribution in [3.63, 3.8) is 0 Å². The summed E-state index contributed by atoms with van der Waals surface area (Å²) in [6, 6.07) is 60.1. The highest BCUT2D eigenvalue weighted by Crippen LogP contribution is 2.48. The molecule has 0 saturated carbocycles. The van der Waals surface area contributed by atoms with E-state index in [0.29, 0.717) is 0 Å². The van der Waals surface area contributed by atoms with Crippen LogP contribution < -0.4 is 10.2 Å². The molecular formula is C52H44N2. The molecule has 1 aliphatic heterocycles. The second-order valence-corrected chi connectivity index (χ2v) is 14.5. The summed E-state index contributed by atoms with van der Waals surface area (Å²) in [5.41, 5.74) is 13.8. The third kappa shape index (κ3) is 6.24. The highest BCUT2D eigenvalue weighted by molar-refractivity contribution is 5.98. The highest BCUT2D eigenvalue weighted by Gasteiger charge is 2.31. The van der Waals surface area contributed by atoms with E-state index in [-0.39, 0.29) is 12.1 Å². The lowest BCUT2D eigenvalue weighted by Gasteiger charge is -2.28. The van der Waals surface area contributed by atoms with E-state index < -0.39 is 0 Å². The van der Waals surface area contributed by atoms with Crippen molar-refractivity contribution in [1.82, 2.24) is 0 Å². The minimum absolute atomic E-state index is 0.0325. The molecule has 7 aromatic carbocycles. The Hall–Kier alpha value is -6.38. The van der Waals surface area contributed by atoms with Crippen LogP contribution in [0.1, 0.15) is 61.0 Å². The molecule has 9 rings (SSSR count). The number of fused-ring (bicyclic) bond motifs is 3. The van der Waals surface area contributed by atoms with Gasteiger partial charge in [-0.3, -0.25) is 0 Å². The minimum atomic E-state index is -0.0325. The fourth-order valence-corrected chi connectivity index (χ4v) is 8.50. The van der Waals surface area contributed by atoms with Crippen LogP contribution in [0, 0.1) is 0 Å². The van der Waals surface area contributed by atoms with Crippen LogP contribution in [-0.4, -0.2) is 0 Å². The van der Waals surface area contributed by atoms with Gasteiger partial charge in [-0.05, 0) is 118 Å². The molecule has 54 heavy (non-hydrogen) atoms. The van der Waals surface area contributed by atoms with Crippen molar-refractivity contribution in [2.45, 2.75) is 38.8 Å². The molecule has 0 amide bonds. The van der Waals surface area contributed by atoms with Gasteiger partial charge in [0.25, 0.3) is 0 Å². The molecule has 7 aromatic rings. The molecule has 0 spiro atoms. The molecule has 0 fully saturated rings. The van der Waals surface area contributed by atoms with Crippen molar-refractivity contribution in [2.24, 2.45) is 0 Å². The monoisotopic (exact) mass is 696 g/mol. The molecule has 2 nitrogen and oxygen atoms in total. The topological polar surface area (TPSA) is 15.3 Å². The smallest absolute Gasteiger partial charge is 0.130 e. The number of allylic oxidation sites excluding steroid dienone is 8. The van der Waals surface area contributed by atoms with E-state index >= 15 is 0 Å². The van der Waals surface area contributed by atoms with Crippen molar-refractivity contribution < 1.29 is 0 Å². The van der Waals surface area contributed by atoms with Gasteiger partial charge in [-0.25, -0.2) is 0 Å². The van der Waals surface area contributed by atoms with Crippen LogP contribution in [0.5, 0.6) is 0 Å². The van der Waals surface area contributed by atoms with Crippen LogP contribution in [0.3, 0.4) is 0 Å². The number of benzene rings is 7. The molecule has 2 unspecified atom stereocenters. The molecule has 2 atom stereocenters. The fraction of sp³-hybridized carbons (Fsp3) is 0.115. The highest BCUT2D eigenvalue weighted by atomic mass is 15.3. The Morgan fingerprint density at radius 1 is 0.611 bits per heavy atom. The average molecular weight is 697 g/mol. The van der Waals surface area contributed by atoms with E-state index in [0.717, 1.165) is 18.5 Å². The van der Waals surface area contributed by atoms with Gasteiger partial charge in [-0.15, -0.1) is 0 Å². The van der Waals surface area contributed by atoms with E-state index in [9.17, 15) is 0 Å². The normalized spacial score (nSPS) is 20.1. The zero-order chi connectivity index (χ0) is 36.4. The molecule has 1 heterocycles. The first kappa shape index (κ1) is 33.5. The molecule has 0 aromatic heterocycles. The summed E-state index contributed by atoms with van der Waals surface area (Å²) < 4.78 is 0. The molecular weight excluding hydrogens is 653 g/mol. The Morgan fingerprint density at radius 2 is 1.24 bits per heavy atom. The first-order chi connectivity index (χ1) is 26.7. The van der Waals surface area contributed by atoms with E-state index in [1.807, 2.05) is 0 Å². The van der Waals surface area contributed by atoms with Crippen molar-refractivity contribution in [3.05, 3.63) is 221 Å². The third-order valence-electron chi connectivity index (χ3n) is 11.1. The standard InChI is InChI=1S/C52H44N2/c1-3-15-47-50(44-33-27-38-18-9-11-20-42(38)35-44)36(2)16-7-12-23-46(43-32-26-37-17-8-10-19-41(37)34-43)51(47)39-28-30-40(31-29-39)52-53-48-24-13-14-25-49(48)54(52)45-21-5-4-6-22-45/h3-6,8-15,17-35,46,52-53H,7,16H2,1-2H3/b15-3-,23-12?,50-36+,51-47-. The van der Waals surface area contributed by atoms with Crippen LogP contribution in [0.15, 0.2) is 199 Å². The number of nitrogens with zero attached hydrogens (tertiary/aromatic N) is 1. The van der Waals surface area contributed by atoms with Gasteiger partial charge in [-0.2, -0.15) is 0 Å². The third-order valence-corrected chi connectivity index (χ3v) is 11.1. The minimum Gasteiger partial charge on any atom is -0.359 e. The van der Waals surface area contributed by atoms with Crippen LogP contribution in [0.4, 0.5) is 17.1 Å². The lowest BCUT2D eigenvalue weighted by molar-refractivity contribution is 0.828. The summed E-state index contributed by atoms with van der Waals surface area (Å²) in [6.07, 6.45) is 11.4. The molecule has 2 aliphatic rings. The summed E-state index contributed by atoms with van der Waals surface area (Å²) >= 11 is 0. The first-order valence-corrected chi connectivity index (χ1v) is 19.2.